The minimum absolute atomic E-state index is 0.0519. The van der Waals surface area contributed by atoms with Gasteiger partial charge in [-0.1, -0.05) is 30.1 Å². The predicted molar refractivity (Wildman–Crippen MR) is 61.4 cm³/mol. The molecule has 0 N–H and O–H groups in total. The van der Waals surface area contributed by atoms with Crippen LogP contribution in [0.25, 0.3) is 0 Å². The number of halogens is 3. The van der Waals surface area contributed by atoms with Crippen molar-refractivity contribution in [3.05, 3.63) is 10.8 Å². The average molecular weight is 298 g/mol. The molecule has 0 aliphatic carbocycles. The highest BCUT2D eigenvalue weighted by molar-refractivity contribution is 7.48. The molecule has 8 heteroatoms. The van der Waals surface area contributed by atoms with E-state index in [2.05, 4.69) is 0 Å². The highest BCUT2D eigenvalue weighted by Gasteiger charge is 2.26. The highest BCUT2D eigenvalue weighted by atomic mass is 35.5. The molecule has 0 heterocycles. The molecule has 0 bridgehead atoms. The molecule has 1 atom stereocenters. The van der Waals surface area contributed by atoms with E-state index in [4.69, 9.17) is 48.4 Å². The number of hydrogen-bond donors (Lipinski definition) is 0. The summed E-state index contributed by atoms with van der Waals surface area (Å²) >= 11 is 16.0. The fraction of sp³-hybridized carbons (Fsp3) is 0.714. The van der Waals surface area contributed by atoms with Crippen LogP contribution in [0.1, 0.15) is 13.3 Å². The molecular formula is C7H12Cl3O4P. The second-order valence-electron chi connectivity index (χ2n) is 2.32. The van der Waals surface area contributed by atoms with Crippen LogP contribution in [-0.4, -0.2) is 19.1 Å². The van der Waals surface area contributed by atoms with Gasteiger partial charge < -0.3 is 4.52 Å². The Bertz CT molecular complexity index is 230. The first-order valence-corrected chi connectivity index (χ1v) is 6.94. The van der Waals surface area contributed by atoms with Gasteiger partial charge in [-0.05, 0) is 6.42 Å². The molecule has 0 aromatic rings. The molecular weight excluding hydrogens is 285 g/mol. The van der Waals surface area contributed by atoms with Gasteiger partial charge in [0.2, 0.25) is 0 Å². The van der Waals surface area contributed by atoms with Crippen LogP contribution >= 0.6 is 42.6 Å². The van der Waals surface area contributed by atoms with Crippen molar-refractivity contribution in [2.75, 3.05) is 19.1 Å². The molecule has 0 spiro atoms. The smallest absolute Gasteiger partial charge is 0.409 e. The van der Waals surface area contributed by atoms with Gasteiger partial charge >= 0.3 is 7.82 Å². The van der Waals surface area contributed by atoms with Crippen molar-refractivity contribution in [2.45, 2.75) is 13.3 Å². The largest absolute Gasteiger partial charge is 0.529 e. The lowest BCUT2D eigenvalue weighted by molar-refractivity contribution is 0.148. The van der Waals surface area contributed by atoms with Gasteiger partial charge in [0, 0.05) is 5.88 Å². The first-order valence-electron chi connectivity index (χ1n) is 4.18. The topological polar surface area (TPSA) is 44.8 Å². The third-order valence-electron chi connectivity index (χ3n) is 1.05. The molecule has 0 amide bonds. The molecule has 90 valence electrons. The summed E-state index contributed by atoms with van der Waals surface area (Å²) in [5, 5.41) is 0. The summed E-state index contributed by atoms with van der Waals surface area (Å²) in [6.45, 7) is 2.15. The van der Waals surface area contributed by atoms with Crippen molar-refractivity contribution in [2.24, 2.45) is 0 Å². The number of rotatable bonds is 8. The van der Waals surface area contributed by atoms with Crippen LogP contribution in [0.15, 0.2) is 10.8 Å². The Labute approximate surface area is 104 Å². The zero-order chi connectivity index (χ0) is 11.7. The molecule has 0 aromatic heterocycles. The molecule has 0 fully saturated rings. The fourth-order valence-electron chi connectivity index (χ4n) is 0.552. The summed E-state index contributed by atoms with van der Waals surface area (Å²) in [6.07, 6.45) is 1.57. The molecule has 0 aliphatic rings. The van der Waals surface area contributed by atoms with Crippen molar-refractivity contribution in [1.29, 1.82) is 0 Å². The Hall–Kier alpha value is 0.560. The quantitative estimate of drug-likeness (QED) is 0.385. The maximum atomic E-state index is 11.7. The van der Waals surface area contributed by atoms with E-state index in [0.717, 1.165) is 6.26 Å². The van der Waals surface area contributed by atoms with Gasteiger partial charge in [-0.25, -0.2) is 4.57 Å². The summed E-state index contributed by atoms with van der Waals surface area (Å²) in [4.78, 5) is 0. The van der Waals surface area contributed by atoms with E-state index in [0.29, 0.717) is 6.42 Å². The van der Waals surface area contributed by atoms with Gasteiger partial charge in [0.1, 0.15) is 10.8 Å². The van der Waals surface area contributed by atoms with Gasteiger partial charge in [0.25, 0.3) is 0 Å². The second kappa shape index (κ2) is 8.68. The lowest BCUT2D eigenvalue weighted by Gasteiger charge is -2.15. The monoisotopic (exact) mass is 296 g/mol. The van der Waals surface area contributed by atoms with Crippen LogP contribution in [0.3, 0.4) is 0 Å². The van der Waals surface area contributed by atoms with Crippen LogP contribution in [0, 0.1) is 0 Å². The van der Waals surface area contributed by atoms with Crippen LogP contribution in [0.2, 0.25) is 0 Å². The van der Waals surface area contributed by atoms with Crippen LogP contribution in [0.5, 0.6) is 0 Å². The van der Waals surface area contributed by atoms with Crippen molar-refractivity contribution in [3.63, 3.8) is 0 Å². The summed E-state index contributed by atoms with van der Waals surface area (Å²) in [5.41, 5.74) is 0. The Morgan fingerprint density at radius 3 is 2.40 bits per heavy atom. The minimum Gasteiger partial charge on any atom is -0.409 e. The van der Waals surface area contributed by atoms with E-state index in [-0.39, 0.29) is 23.6 Å². The number of alkyl halides is 1. The van der Waals surface area contributed by atoms with E-state index < -0.39 is 7.82 Å². The van der Waals surface area contributed by atoms with E-state index in [1.54, 1.807) is 0 Å². The first-order chi connectivity index (χ1) is 7.04. The Kier molecular flexibility index (Phi) is 9.01. The number of hydrogen-bond acceptors (Lipinski definition) is 4. The van der Waals surface area contributed by atoms with E-state index in [9.17, 15) is 4.57 Å². The molecule has 0 aliphatic heterocycles. The SMILES string of the molecule is CCCOP(=O)(OC=C(Cl)Cl)OCCCl. The van der Waals surface area contributed by atoms with Gasteiger partial charge in [0.05, 0.1) is 13.2 Å². The third-order valence-corrected chi connectivity index (χ3v) is 2.74. The zero-order valence-electron chi connectivity index (χ0n) is 8.12. The van der Waals surface area contributed by atoms with Gasteiger partial charge in [-0.15, -0.1) is 11.6 Å². The molecule has 1 unspecified atom stereocenters. The predicted octanol–water partition coefficient (Wildman–Crippen LogP) is 4.07. The number of phosphoric ester groups is 1. The zero-order valence-corrected chi connectivity index (χ0v) is 11.3. The van der Waals surface area contributed by atoms with E-state index in [1.165, 1.54) is 0 Å². The minimum atomic E-state index is -3.64. The molecule has 0 saturated carbocycles. The number of phosphoric acid groups is 1. The Morgan fingerprint density at radius 2 is 1.93 bits per heavy atom. The molecule has 0 rings (SSSR count). The standard InChI is InChI=1S/C7H12Cl3O4P/c1-2-4-12-15(11,13-5-3-8)14-6-7(9)10/h6H,2-5H2,1H3. The lowest BCUT2D eigenvalue weighted by Crippen LogP contribution is -2.00. The first kappa shape index (κ1) is 15.6. The molecule has 15 heavy (non-hydrogen) atoms. The molecule has 4 nitrogen and oxygen atoms in total. The van der Waals surface area contributed by atoms with E-state index >= 15 is 0 Å². The molecule has 0 radical (unpaired) electrons. The average Bonchev–Trinajstić information content (AvgIpc) is 2.21. The maximum Gasteiger partial charge on any atom is 0.529 e. The van der Waals surface area contributed by atoms with Crippen LogP contribution < -0.4 is 0 Å². The molecule has 0 aromatic carbocycles. The maximum absolute atomic E-state index is 11.7. The van der Waals surface area contributed by atoms with Gasteiger partial charge in [-0.3, -0.25) is 9.05 Å². The summed E-state index contributed by atoms with van der Waals surface area (Å²) in [5.74, 6) is 0.182. The van der Waals surface area contributed by atoms with E-state index in [1.807, 2.05) is 6.92 Å². The van der Waals surface area contributed by atoms with Crippen molar-refractivity contribution in [1.82, 2.24) is 0 Å². The van der Waals surface area contributed by atoms with Crippen molar-refractivity contribution in [3.8, 4) is 0 Å². The summed E-state index contributed by atoms with van der Waals surface area (Å²) in [7, 11) is -3.64. The van der Waals surface area contributed by atoms with Crippen LogP contribution in [0.4, 0.5) is 0 Å². The summed E-state index contributed by atoms with van der Waals surface area (Å²) in [6, 6.07) is 0. The third kappa shape index (κ3) is 8.38. The van der Waals surface area contributed by atoms with Crippen LogP contribution in [-0.2, 0) is 18.1 Å². The Balaban J connectivity index is 4.26. The van der Waals surface area contributed by atoms with Crippen molar-refractivity contribution < 1.29 is 18.1 Å². The lowest BCUT2D eigenvalue weighted by atomic mass is 10.5. The highest BCUT2D eigenvalue weighted by Crippen LogP contribution is 2.50. The fourth-order valence-corrected chi connectivity index (χ4v) is 2.10. The van der Waals surface area contributed by atoms with Gasteiger partial charge in [0.15, 0.2) is 0 Å². The van der Waals surface area contributed by atoms with Gasteiger partial charge in [-0.2, -0.15) is 0 Å². The Morgan fingerprint density at radius 1 is 1.33 bits per heavy atom. The second-order valence-corrected chi connectivity index (χ2v) is 5.32. The molecule has 0 saturated heterocycles. The summed E-state index contributed by atoms with van der Waals surface area (Å²) < 4.78 is 26.1. The van der Waals surface area contributed by atoms with Crippen molar-refractivity contribution >= 4 is 42.6 Å². The normalized spacial score (nSPS) is 14.4.